The quantitative estimate of drug-likeness (QED) is 0.492. The Hall–Kier alpha value is -0.590. The zero-order valence-electron chi connectivity index (χ0n) is 9.68. The van der Waals surface area contributed by atoms with Gasteiger partial charge in [-0.15, -0.1) is 0 Å². The third-order valence-corrected chi connectivity index (χ3v) is 3.60. The van der Waals surface area contributed by atoms with Gasteiger partial charge < -0.3 is 4.79 Å². The molecule has 0 aromatic rings. The van der Waals surface area contributed by atoms with Crippen LogP contribution in [0.15, 0.2) is 11.6 Å². The number of allylic oxidation sites excluding steroid dienone is 2. The molecule has 0 saturated heterocycles. The number of carbonyl (C=O) groups is 1. The third kappa shape index (κ3) is 2.97. The first kappa shape index (κ1) is 11.5. The Morgan fingerprint density at radius 3 is 2.79 bits per heavy atom. The Balaban J connectivity index is 2.49. The molecule has 14 heavy (non-hydrogen) atoms. The van der Waals surface area contributed by atoms with Crippen LogP contribution in [-0.4, -0.2) is 6.29 Å². The second-order valence-corrected chi connectivity index (χ2v) is 5.05. The van der Waals surface area contributed by atoms with E-state index < -0.39 is 0 Å². The van der Waals surface area contributed by atoms with E-state index in [2.05, 4.69) is 19.9 Å². The molecule has 0 aromatic carbocycles. The molecule has 0 spiro atoms. The minimum atomic E-state index is 0.201. The van der Waals surface area contributed by atoms with Crippen LogP contribution in [0.5, 0.6) is 0 Å². The van der Waals surface area contributed by atoms with Crippen molar-refractivity contribution < 1.29 is 4.79 Å². The molecule has 0 N–H and O–H groups in total. The molecule has 0 amide bonds. The zero-order chi connectivity index (χ0) is 10.6. The average Bonchev–Trinajstić information content (AvgIpc) is 2.21. The molecule has 1 aliphatic rings. The van der Waals surface area contributed by atoms with Crippen molar-refractivity contribution in [2.75, 3.05) is 0 Å². The molecule has 0 aliphatic heterocycles. The summed E-state index contributed by atoms with van der Waals surface area (Å²) in [5.74, 6) is 0.201. The van der Waals surface area contributed by atoms with Crippen molar-refractivity contribution in [2.45, 2.75) is 52.9 Å². The van der Waals surface area contributed by atoms with Gasteiger partial charge in [0, 0.05) is 5.92 Å². The van der Waals surface area contributed by atoms with E-state index >= 15 is 0 Å². The van der Waals surface area contributed by atoms with Crippen molar-refractivity contribution in [1.29, 1.82) is 0 Å². The lowest BCUT2D eigenvalue weighted by molar-refractivity contribution is -0.110. The average molecular weight is 194 g/mol. The van der Waals surface area contributed by atoms with Crippen molar-refractivity contribution in [2.24, 2.45) is 11.3 Å². The van der Waals surface area contributed by atoms with Gasteiger partial charge in [-0.25, -0.2) is 0 Å². The van der Waals surface area contributed by atoms with Crippen LogP contribution in [0.25, 0.3) is 0 Å². The molecule has 1 aliphatic carbocycles. The molecule has 0 fully saturated rings. The highest BCUT2D eigenvalue weighted by Gasteiger charge is 2.24. The summed E-state index contributed by atoms with van der Waals surface area (Å²) < 4.78 is 0. The Labute approximate surface area is 87.6 Å². The SMILES string of the molecule is CC[C@]1(C)CC=C(CC(C)C=O)CC1. The number of aldehydes is 1. The van der Waals surface area contributed by atoms with E-state index in [4.69, 9.17) is 0 Å². The standard InChI is InChI=1S/C13H22O/c1-4-13(3)7-5-12(6-8-13)9-11(2)10-14/h5,10-11H,4,6-9H2,1-3H3/t11?,13-/m1/s1. The van der Waals surface area contributed by atoms with Crippen molar-refractivity contribution in [3.63, 3.8) is 0 Å². The van der Waals surface area contributed by atoms with Crippen LogP contribution >= 0.6 is 0 Å². The molecule has 1 rings (SSSR count). The van der Waals surface area contributed by atoms with Gasteiger partial charge >= 0.3 is 0 Å². The van der Waals surface area contributed by atoms with E-state index in [9.17, 15) is 4.79 Å². The molecular formula is C13H22O. The molecule has 80 valence electrons. The highest BCUT2D eigenvalue weighted by Crippen LogP contribution is 2.38. The summed E-state index contributed by atoms with van der Waals surface area (Å²) >= 11 is 0. The van der Waals surface area contributed by atoms with E-state index in [1.165, 1.54) is 31.3 Å². The largest absolute Gasteiger partial charge is 0.303 e. The summed E-state index contributed by atoms with van der Waals surface area (Å²) in [6, 6.07) is 0. The van der Waals surface area contributed by atoms with E-state index in [0.717, 1.165) is 12.7 Å². The predicted octanol–water partition coefficient (Wildman–Crippen LogP) is 3.74. The maximum Gasteiger partial charge on any atom is 0.123 e. The summed E-state index contributed by atoms with van der Waals surface area (Å²) in [6.45, 7) is 6.64. The van der Waals surface area contributed by atoms with Crippen molar-refractivity contribution >= 4 is 6.29 Å². The molecule has 0 heterocycles. The molecule has 2 atom stereocenters. The topological polar surface area (TPSA) is 17.1 Å². The molecule has 0 saturated carbocycles. The van der Waals surface area contributed by atoms with Gasteiger partial charge in [0.25, 0.3) is 0 Å². The van der Waals surface area contributed by atoms with Crippen molar-refractivity contribution in [1.82, 2.24) is 0 Å². The predicted molar refractivity (Wildman–Crippen MR) is 60.2 cm³/mol. The maximum absolute atomic E-state index is 10.5. The third-order valence-electron chi connectivity index (χ3n) is 3.60. The number of hydrogen-bond donors (Lipinski definition) is 0. The Morgan fingerprint density at radius 1 is 1.64 bits per heavy atom. The second kappa shape index (κ2) is 4.77. The van der Waals surface area contributed by atoms with E-state index in [-0.39, 0.29) is 5.92 Å². The fourth-order valence-corrected chi connectivity index (χ4v) is 2.03. The summed E-state index contributed by atoms with van der Waals surface area (Å²) in [5.41, 5.74) is 2.02. The normalized spacial score (nSPS) is 29.5. The highest BCUT2D eigenvalue weighted by atomic mass is 16.1. The maximum atomic E-state index is 10.5. The fraction of sp³-hybridized carbons (Fsp3) is 0.769. The first-order valence-corrected chi connectivity index (χ1v) is 5.73. The summed E-state index contributed by atoms with van der Waals surface area (Å²) in [5, 5.41) is 0. The van der Waals surface area contributed by atoms with Crippen LogP contribution in [0.1, 0.15) is 52.9 Å². The molecule has 1 nitrogen and oxygen atoms in total. The number of carbonyl (C=O) groups excluding carboxylic acids is 1. The highest BCUT2D eigenvalue weighted by molar-refractivity contribution is 5.53. The number of hydrogen-bond acceptors (Lipinski definition) is 1. The second-order valence-electron chi connectivity index (χ2n) is 5.05. The Kier molecular flexibility index (Phi) is 3.91. The minimum absolute atomic E-state index is 0.201. The monoisotopic (exact) mass is 194 g/mol. The Morgan fingerprint density at radius 2 is 2.36 bits per heavy atom. The van der Waals surface area contributed by atoms with Gasteiger partial charge in [-0.1, -0.05) is 38.8 Å². The first-order valence-electron chi connectivity index (χ1n) is 5.73. The number of rotatable bonds is 4. The zero-order valence-corrected chi connectivity index (χ0v) is 9.68. The lowest BCUT2D eigenvalue weighted by atomic mass is 9.74. The molecular weight excluding hydrogens is 172 g/mol. The molecule has 0 bridgehead atoms. The lowest BCUT2D eigenvalue weighted by Crippen LogP contribution is -2.18. The van der Waals surface area contributed by atoms with Crippen LogP contribution in [0, 0.1) is 11.3 Å². The van der Waals surface area contributed by atoms with Gasteiger partial charge in [0.1, 0.15) is 6.29 Å². The smallest absolute Gasteiger partial charge is 0.123 e. The van der Waals surface area contributed by atoms with Gasteiger partial charge in [-0.2, -0.15) is 0 Å². The molecule has 0 radical (unpaired) electrons. The summed E-state index contributed by atoms with van der Waals surface area (Å²) in [4.78, 5) is 10.5. The minimum Gasteiger partial charge on any atom is -0.303 e. The lowest BCUT2D eigenvalue weighted by Gasteiger charge is -2.32. The molecule has 0 aromatic heterocycles. The molecule has 1 heteroatoms. The van der Waals surface area contributed by atoms with Crippen LogP contribution in [0.4, 0.5) is 0 Å². The van der Waals surface area contributed by atoms with Crippen LogP contribution in [0.2, 0.25) is 0 Å². The van der Waals surface area contributed by atoms with Crippen LogP contribution in [-0.2, 0) is 4.79 Å². The summed E-state index contributed by atoms with van der Waals surface area (Å²) in [7, 11) is 0. The van der Waals surface area contributed by atoms with Crippen LogP contribution < -0.4 is 0 Å². The van der Waals surface area contributed by atoms with Crippen molar-refractivity contribution in [3.05, 3.63) is 11.6 Å². The van der Waals surface area contributed by atoms with Crippen molar-refractivity contribution in [3.8, 4) is 0 Å². The van der Waals surface area contributed by atoms with E-state index in [1.807, 2.05) is 6.92 Å². The van der Waals surface area contributed by atoms with Gasteiger partial charge in [0.05, 0.1) is 0 Å². The van der Waals surface area contributed by atoms with Gasteiger partial charge in [0.15, 0.2) is 0 Å². The molecule has 1 unspecified atom stereocenters. The van der Waals surface area contributed by atoms with Crippen LogP contribution in [0.3, 0.4) is 0 Å². The Bertz CT molecular complexity index is 229. The fourth-order valence-electron chi connectivity index (χ4n) is 2.03. The van der Waals surface area contributed by atoms with Gasteiger partial charge in [-0.05, 0) is 31.1 Å². The van der Waals surface area contributed by atoms with E-state index in [1.54, 1.807) is 0 Å². The summed E-state index contributed by atoms with van der Waals surface area (Å²) in [6.07, 6.45) is 9.36. The van der Waals surface area contributed by atoms with Gasteiger partial charge in [0.2, 0.25) is 0 Å². The van der Waals surface area contributed by atoms with Gasteiger partial charge in [-0.3, -0.25) is 0 Å². The first-order chi connectivity index (χ1) is 6.59. The van der Waals surface area contributed by atoms with E-state index in [0.29, 0.717) is 5.41 Å².